The van der Waals surface area contributed by atoms with Gasteiger partial charge in [0.05, 0.1) is 7.11 Å². The first kappa shape index (κ1) is 11.2. The summed E-state index contributed by atoms with van der Waals surface area (Å²) in [5.41, 5.74) is 0. The van der Waals surface area contributed by atoms with Gasteiger partial charge in [-0.15, -0.1) is 0 Å². The minimum Gasteiger partial charge on any atom is -0.499 e. The number of ketones is 1. The highest BCUT2D eigenvalue weighted by Crippen LogP contribution is 2.07. The van der Waals surface area contributed by atoms with E-state index in [0.717, 1.165) is 0 Å². The van der Waals surface area contributed by atoms with E-state index in [1.807, 2.05) is 0 Å². The van der Waals surface area contributed by atoms with Crippen molar-refractivity contribution >= 4 is 5.78 Å². The fourth-order valence-corrected chi connectivity index (χ4v) is 0.644. The molecule has 0 bridgehead atoms. The quantitative estimate of drug-likeness (QED) is 0.590. The van der Waals surface area contributed by atoms with Gasteiger partial charge in [-0.2, -0.15) is 0 Å². The summed E-state index contributed by atoms with van der Waals surface area (Å²) in [4.78, 5) is 10.8. The predicted molar refractivity (Wildman–Crippen MR) is 46.8 cm³/mol. The molecule has 0 amide bonds. The van der Waals surface area contributed by atoms with E-state index < -0.39 is 6.10 Å². The van der Waals surface area contributed by atoms with Crippen LogP contribution in [0.3, 0.4) is 0 Å². The molecule has 0 saturated heterocycles. The summed E-state index contributed by atoms with van der Waals surface area (Å²) in [5, 5.41) is 0. The van der Waals surface area contributed by atoms with Crippen molar-refractivity contribution in [1.82, 2.24) is 0 Å². The standard InChI is InChI=1S/C9H16O3/c1-6(10)7(2)12-9(4)8(3)11-5/h7,9H,3H2,1-2,4-5H3. The predicted octanol–water partition coefficient (Wildman–Crippen LogP) is 1.53. The molecule has 0 heterocycles. The second-order valence-electron chi connectivity index (χ2n) is 2.70. The maximum Gasteiger partial charge on any atom is 0.158 e. The highest BCUT2D eigenvalue weighted by molar-refractivity contribution is 5.79. The Kier molecular flexibility index (Phi) is 4.59. The highest BCUT2D eigenvalue weighted by Gasteiger charge is 2.14. The van der Waals surface area contributed by atoms with Crippen LogP contribution in [0.2, 0.25) is 0 Å². The van der Waals surface area contributed by atoms with Crippen molar-refractivity contribution in [1.29, 1.82) is 0 Å². The monoisotopic (exact) mass is 172 g/mol. The summed E-state index contributed by atoms with van der Waals surface area (Å²) in [6.07, 6.45) is -0.638. The Labute approximate surface area is 73.4 Å². The summed E-state index contributed by atoms with van der Waals surface area (Å²) < 4.78 is 10.2. The first-order valence-corrected chi connectivity index (χ1v) is 3.87. The lowest BCUT2D eigenvalue weighted by molar-refractivity contribution is -0.130. The first-order chi connectivity index (χ1) is 5.49. The SMILES string of the molecule is C=C(OC)C(C)OC(C)C(C)=O. The van der Waals surface area contributed by atoms with Gasteiger partial charge in [0.2, 0.25) is 0 Å². The Morgan fingerprint density at radius 2 is 1.83 bits per heavy atom. The molecule has 2 unspecified atom stereocenters. The van der Waals surface area contributed by atoms with Gasteiger partial charge >= 0.3 is 0 Å². The molecule has 0 aliphatic heterocycles. The van der Waals surface area contributed by atoms with Crippen LogP contribution in [0.25, 0.3) is 0 Å². The maximum absolute atomic E-state index is 10.8. The highest BCUT2D eigenvalue weighted by atomic mass is 16.5. The second-order valence-corrected chi connectivity index (χ2v) is 2.70. The molecular weight excluding hydrogens is 156 g/mol. The van der Waals surface area contributed by atoms with Crippen LogP contribution in [0.15, 0.2) is 12.3 Å². The van der Waals surface area contributed by atoms with E-state index in [9.17, 15) is 4.79 Å². The largest absolute Gasteiger partial charge is 0.499 e. The number of ether oxygens (including phenoxy) is 2. The molecule has 2 atom stereocenters. The van der Waals surface area contributed by atoms with Gasteiger partial charge in [0, 0.05) is 0 Å². The van der Waals surface area contributed by atoms with E-state index in [0.29, 0.717) is 5.76 Å². The van der Waals surface area contributed by atoms with Gasteiger partial charge in [0.25, 0.3) is 0 Å². The fraction of sp³-hybridized carbons (Fsp3) is 0.667. The van der Waals surface area contributed by atoms with Crippen LogP contribution in [-0.2, 0) is 14.3 Å². The number of rotatable bonds is 5. The van der Waals surface area contributed by atoms with E-state index in [-0.39, 0.29) is 11.9 Å². The van der Waals surface area contributed by atoms with E-state index in [4.69, 9.17) is 9.47 Å². The number of hydrogen-bond donors (Lipinski definition) is 0. The zero-order valence-corrected chi connectivity index (χ0v) is 8.09. The molecule has 0 aromatic rings. The lowest BCUT2D eigenvalue weighted by Crippen LogP contribution is -2.24. The van der Waals surface area contributed by atoms with Crippen molar-refractivity contribution in [2.24, 2.45) is 0 Å². The third-order valence-corrected chi connectivity index (χ3v) is 1.70. The smallest absolute Gasteiger partial charge is 0.158 e. The lowest BCUT2D eigenvalue weighted by atomic mass is 10.2. The molecule has 0 aromatic carbocycles. The molecule has 0 spiro atoms. The number of carbonyl (C=O) groups is 1. The molecule has 3 nitrogen and oxygen atoms in total. The van der Waals surface area contributed by atoms with Crippen LogP contribution >= 0.6 is 0 Å². The van der Waals surface area contributed by atoms with Crippen LogP contribution in [0.1, 0.15) is 20.8 Å². The Bertz CT molecular complexity index is 175. The topological polar surface area (TPSA) is 35.5 Å². The van der Waals surface area contributed by atoms with Crippen LogP contribution in [-0.4, -0.2) is 25.1 Å². The van der Waals surface area contributed by atoms with Gasteiger partial charge in [-0.25, -0.2) is 0 Å². The minimum atomic E-state index is -0.396. The summed E-state index contributed by atoms with van der Waals surface area (Å²) >= 11 is 0. The van der Waals surface area contributed by atoms with E-state index in [2.05, 4.69) is 6.58 Å². The molecule has 3 heteroatoms. The number of Topliss-reactive ketones (excluding diaryl/α,β-unsaturated/α-hetero) is 1. The van der Waals surface area contributed by atoms with Crippen molar-refractivity contribution in [2.75, 3.05) is 7.11 Å². The second kappa shape index (κ2) is 4.93. The fourth-order valence-electron chi connectivity index (χ4n) is 0.644. The third-order valence-electron chi connectivity index (χ3n) is 1.70. The van der Waals surface area contributed by atoms with Crippen molar-refractivity contribution in [2.45, 2.75) is 33.0 Å². The normalized spacial score (nSPS) is 15.0. The van der Waals surface area contributed by atoms with Crippen LogP contribution < -0.4 is 0 Å². The third kappa shape index (κ3) is 3.53. The zero-order valence-electron chi connectivity index (χ0n) is 8.09. The van der Waals surface area contributed by atoms with Gasteiger partial charge in [-0.1, -0.05) is 6.58 Å². The molecule has 0 rings (SSSR count). The van der Waals surface area contributed by atoms with Crippen molar-refractivity contribution in [3.8, 4) is 0 Å². The van der Waals surface area contributed by atoms with Crippen molar-refractivity contribution < 1.29 is 14.3 Å². The van der Waals surface area contributed by atoms with E-state index >= 15 is 0 Å². The number of carbonyl (C=O) groups excluding carboxylic acids is 1. The van der Waals surface area contributed by atoms with Gasteiger partial charge < -0.3 is 9.47 Å². The molecule has 0 aliphatic rings. The van der Waals surface area contributed by atoms with Crippen LogP contribution in [0, 0.1) is 0 Å². The van der Waals surface area contributed by atoms with Gasteiger partial charge in [-0.05, 0) is 20.8 Å². The average molecular weight is 172 g/mol. The van der Waals surface area contributed by atoms with Gasteiger partial charge in [-0.3, -0.25) is 4.79 Å². The Hall–Kier alpha value is -0.830. The summed E-state index contributed by atoms with van der Waals surface area (Å²) in [7, 11) is 1.53. The van der Waals surface area contributed by atoms with Gasteiger partial charge in [0.15, 0.2) is 5.78 Å². The Balaban J connectivity index is 3.91. The average Bonchev–Trinajstić information content (AvgIpc) is 2.02. The molecule has 0 aliphatic carbocycles. The Morgan fingerprint density at radius 3 is 2.17 bits per heavy atom. The van der Waals surface area contributed by atoms with Gasteiger partial charge in [0.1, 0.15) is 18.0 Å². The molecule has 12 heavy (non-hydrogen) atoms. The number of hydrogen-bond acceptors (Lipinski definition) is 3. The first-order valence-electron chi connectivity index (χ1n) is 3.87. The molecule has 0 N–H and O–H groups in total. The van der Waals surface area contributed by atoms with Crippen molar-refractivity contribution in [3.05, 3.63) is 12.3 Å². The summed E-state index contributed by atoms with van der Waals surface area (Å²) in [5.74, 6) is 0.536. The Morgan fingerprint density at radius 1 is 1.33 bits per heavy atom. The van der Waals surface area contributed by atoms with Crippen LogP contribution in [0.5, 0.6) is 0 Å². The molecule has 70 valence electrons. The van der Waals surface area contributed by atoms with Crippen LogP contribution in [0.4, 0.5) is 0 Å². The molecule has 0 fully saturated rings. The zero-order chi connectivity index (χ0) is 9.72. The molecule has 0 aromatic heterocycles. The van der Waals surface area contributed by atoms with E-state index in [1.165, 1.54) is 14.0 Å². The maximum atomic E-state index is 10.8. The lowest BCUT2D eigenvalue weighted by Gasteiger charge is -2.17. The molecule has 0 saturated carbocycles. The minimum absolute atomic E-state index is 0.00533. The summed E-state index contributed by atoms with van der Waals surface area (Å²) in [6, 6.07) is 0. The molecular formula is C9H16O3. The van der Waals surface area contributed by atoms with Crippen molar-refractivity contribution in [3.63, 3.8) is 0 Å². The van der Waals surface area contributed by atoms with E-state index in [1.54, 1.807) is 13.8 Å². The molecule has 0 radical (unpaired) electrons. The summed E-state index contributed by atoms with van der Waals surface area (Å²) in [6.45, 7) is 8.63. The number of methoxy groups -OCH3 is 1.